The highest BCUT2D eigenvalue weighted by Gasteiger charge is 2.25. The van der Waals surface area contributed by atoms with Crippen LogP contribution < -0.4 is 16.2 Å². The van der Waals surface area contributed by atoms with E-state index in [-0.39, 0.29) is 17.4 Å². The van der Waals surface area contributed by atoms with Crippen molar-refractivity contribution in [1.29, 1.82) is 0 Å². The van der Waals surface area contributed by atoms with Crippen LogP contribution in [-0.4, -0.2) is 23.1 Å². The van der Waals surface area contributed by atoms with Crippen molar-refractivity contribution in [1.82, 2.24) is 9.88 Å². The van der Waals surface area contributed by atoms with Gasteiger partial charge in [-0.05, 0) is 48.3 Å². The fourth-order valence-corrected chi connectivity index (χ4v) is 2.90. The van der Waals surface area contributed by atoms with Crippen LogP contribution in [0.15, 0.2) is 21.5 Å². The second-order valence-corrected chi connectivity index (χ2v) is 5.97. The average Bonchev–Trinajstić information content (AvgIpc) is 2.35. The fourth-order valence-electron chi connectivity index (χ4n) is 2.36. The first-order chi connectivity index (χ1) is 8.97. The molecule has 1 fully saturated rings. The normalized spacial score (nSPS) is 23.1. The summed E-state index contributed by atoms with van der Waals surface area (Å²) in [6.07, 6.45) is 3.29. The third kappa shape index (κ3) is 3.45. The summed E-state index contributed by atoms with van der Waals surface area (Å²) in [6.45, 7) is 2.91. The Kier molecular flexibility index (Phi) is 4.42. The maximum Gasteiger partial charge on any atom is 0.274 e. The molecule has 1 aromatic heterocycles. The molecule has 0 aliphatic carbocycles. The maximum absolute atomic E-state index is 12.2. The van der Waals surface area contributed by atoms with E-state index in [0.29, 0.717) is 11.7 Å². The molecule has 2 N–H and O–H groups in total. The predicted molar refractivity (Wildman–Crippen MR) is 78.2 cm³/mol. The molecule has 5 nitrogen and oxygen atoms in total. The van der Waals surface area contributed by atoms with Crippen LogP contribution in [0.3, 0.4) is 0 Å². The van der Waals surface area contributed by atoms with E-state index >= 15 is 0 Å². The summed E-state index contributed by atoms with van der Waals surface area (Å²) in [5.74, 6) is -0.0940. The van der Waals surface area contributed by atoms with Crippen molar-refractivity contribution < 1.29 is 4.79 Å². The standard InChI is InChI=1S/C13H18BrN3O2/c1-8-5-9(3-4-15-8)12(18)16-11-6-10(14)7-17(2)13(11)19/h6-9,15H,3-5H2,1-2H3,(H,16,18)/t8-,9-/m0/s1. The average molecular weight is 328 g/mol. The van der Waals surface area contributed by atoms with Crippen LogP contribution >= 0.6 is 15.9 Å². The third-order valence-corrected chi connectivity index (χ3v) is 3.84. The van der Waals surface area contributed by atoms with Crippen molar-refractivity contribution in [3.05, 3.63) is 27.1 Å². The predicted octanol–water partition coefficient (Wildman–Crippen LogP) is 1.47. The Morgan fingerprint density at radius 1 is 1.58 bits per heavy atom. The Labute approximate surface area is 120 Å². The van der Waals surface area contributed by atoms with Crippen molar-refractivity contribution in [2.45, 2.75) is 25.8 Å². The first kappa shape index (κ1) is 14.3. The van der Waals surface area contributed by atoms with Crippen LogP contribution in [0.2, 0.25) is 0 Å². The summed E-state index contributed by atoms with van der Waals surface area (Å²) in [5.41, 5.74) is 0.131. The molecule has 1 aliphatic heterocycles. The molecule has 2 atom stereocenters. The van der Waals surface area contributed by atoms with Crippen LogP contribution in [0.25, 0.3) is 0 Å². The number of aryl methyl sites for hydroxylation is 1. The number of hydrogen-bond donors (Lipinski definition) is 2. The largest absolute Gasteiger partial charge is 0.321 e. The van der Waals surface area contributed by atoms with Gasteiger partial charge in [0.25, 0.3) is 5.56 Å². The highest BCUT2D eigenvalue weighted by molar-refractivity contribution is 9.10. The molecule has 19 heavy (non-hydrogen) atoms. The summed E-state index contributed by atoms with van der Waals surface area (Å²) in [5, 5.41) is 6.06. The molecule has 2 heterocycles. The zero-order valence-corrected chi connectivity index (χ0v) is 12.7. The van der Waals surface area contributed by atoms with Crippen LogP contribution in [-0.2, 0) is 11.8 Å². The number of aromatic nitrogens is 1. The quantitative estimate of drug-likeness (QED) is 0.864. The van der Waals surface area contributed by atoms with Crippen molar-refractivity contribution in [2.75, 3.05) is 11.9 Å². The molecular weight excluding hydrogens is 310 g/mol. The first-order valence-electron chi connectivity index (χ1n) is 6.38. The Balaban J connectivity index is 2.13. The summed E-state index contributed by atoms with van der Waals surface area (Å²) >= 11 is 3.32. The Morgan fingerprint density at radius 2 is 2.32 bits per heavy atom. The SMILES string of the molecule is C[C@H]1C[C@@H](C(=O)Nc2cc(Br)cn(C)c2=O)CCN1. The number of carbonyl (C=O) groups is 1. The summed E-state index contributed by atoms with van der Waals surface area (Å²) in [6, 6.07) is 1.99. The molecule has 0 aromatic carbocycles. The number of nitrogens with one attached hydrogen (secondary N) is 2. The van der Waals surface area contributed by atoms with Crippen LogP contribution in [0.5, 0.6) is 0 Å². The molecule has 0 radical (unpaired) electrons. The van der Waals surface area contributed by atoms with Gasteiger partial charge in [0.2, 0.25) is 5.91 Å². The van der Waals surface area contributed by atoms with E-state index < -0.39 is 0 Å². The number of nitrogens with zero attached hydrogens (tertiary/aromatic N) is 1. The van der Waals surface area contributed by atoms with Gasteiger partial charge >= 0.3 is 0 Å². The van der Waals surface area contributed by atoms with E-state index in [2.05, 4.69) is 33.5 Å². The van der Waals surface area contributed by atoms with Crippen molar-refractivity contribution in [3.8, 4) is 0 Å². The molecule has 1 aromatic rings. The Hall–Kier alpha value is -1.14. The van der Waals surface area contributed by atoms with Gasteiger partial charge in [-0.2, -0.15) is 0 Å². The molecular formula is C13H18BrN3O2. The second-order valence-electron chi connectivity index (χ2n) is 5.05. The molecule has 104 valence electrons. The van der Waals surface area contributed by atoms with Crippen molar-refractivity contribution in [2.24, 2.45) is 13.0 Å². The number of rotatable bonds is 2. The van der Waals surface area contributed by atoms with E-state index in [1.54, 1.807) is 19.3 Å². The van der Waals surface area contributed by atoms with Gasteiger partial charge in [0.05, 0.1) is 0 Å². The lowest BCUT2D eigenvalue weighted by molar-refractivity contribution is -0.120. The molecule has 0 unspecified atom stereocenters. The van der Waals surface area contributed by atoms with E-state index in [1.165, 1.54) is 4.57 Å². The van der Waals surface area contributed by atoms with Gasteiger partial charge in [0.1, 0.15) is 5.69 Å². The van der Waals surface area contributed by atoms with Crippen LogP contribution in [0.4, 0.5) is 5.69 Å². The number of halogens is 1. The first-order valence-corrected chi connectivity index (χ1v) is 7.17. The van der Waals surface area contributed by atoms with Gasteiger partial charge in [0.15, 0.2) is 0 Å². The smallest absolute Gasteiger partial charge is 0.274 e. The van der Waals surface area contributed by atoms with Crippen LogP contribution in [0, 0.1) is 5.92 Å². The topological polar surface area (TPSA) is 63.1 Å². The molecule has 0 spiro atoms. The van der Waals surface area contributed by atoms with E-state index in [4.69, 9.17) is 0 Å². The number of carbonyl (C=O) groups excluding carboxylic acids is 1. The molecule has 0 bridgehead atoms. The van der Waals surface area contributed by atoms with Gasteiger partial charge in [-0.15, -0.1) is 0 Å². The zero-order chi connectivity index (χ0) is 14.0. The fraction of sp³-hybridized carbons (Fsp3) is 0.538. The van der Waals surface area contributed by atoms with E-state index in [0.717, 1.165) is 23.9 Å². The Bertz CT molecular complexity index is 541. The molecule has 1 amide bonds. The lowest BCUT2D eigenvalue weighted by Gasteiger charge is -2.27. The van der Waals surface area contributed by atoms with Gasteiger partial charge in [-0.1, -0.05) is 0 Å². The molecule has 0 saturated carbocycles. The number of amides is 1. The van der Waals surface area contributed by atoms with E-state index in [9.17, 15) is 9.59 Å². The number of anilines is 1. The molecule has 1 saturated heterocycles. The van der Waals surface area contributed by atoms with Gasteiger partial charge in [0, 0.05) is 29.7 Å². The summed E-state index contributed by atoms with van der Waals surface area (Å²) < 4.78 is 2.22. The van der Waals surface area contributed by atoms with Gasteiger partial charge < -0.3 is 15.2 Å². The number of pyridine rings is 1. The highest BCUT2D eigenvalue weighted by atomic mass is 79.9. The summed E-state index contributed by atoms with van der Waals surface area (Å²) in [7, 11) is 1.66. The second kappa shape index (κ2) is 5.88. The summed E-state index contributed by atoms with van der Waals surface area (Å²) in [4.78, 5) is 24.1. The highest BCUT2D eigenvalue weighted by Crippen LogP contribution is 2.18. The minimum absolute atomic E-state index is 0.0278. The van der Waals surface area contributed by atoms with Crippen molar-refractivity contribution in [3.63, 3.8) is 0 Å². The minimum Gasteiger partial charge on any atom is -0.321 e. The van der Waals surface area contributed by atoms with Gasteiger partial charge in [-0.25, -0.2) is 0 Å². The Morgan fingerprint density at radius 3 is 3.00 bits per heavy atom. The number of piperidine rings is 1. The third-order valence-electron chi connectivity index (χ3n) is 3.40. The number of hydrogen-bond acceptors (Lipinski definition) is 3. The van der Waals surface area contributed by atoms with E-state index in [1.807, 2.05) is 0 Å². The molecule has 6 heteroatoms. The zero-order valence-electron chi connectivity index (χ0n) is 11.1. The molecule has 1 aliphatic rings. The molecule has 2 rings (SSSR count). The van der Waals surface area contributed by atoms with Crippen molar-refractivity contribution >= 4 is 27.5 Å². The van der Waals surface area contributed by atoms with Crippen LogP contribution in [0.1, 0.15) is 19.8 Å². The lowest BCUT2D eigenvalue weighted by atomic mass is 9.92. The maximum atomic E-state index is 12.2. The monoisotopic (exact) mass is 327 g/mol. The minimum atomic E-state index is -0.196. The van der Waals surface area contributed by atoms with Gasteiger partial charge in [-0.3, -0.25) is 9.59 Å². The lowest BCUT2D eigenvalue weighted by Crippen LogP contribution is -2.40.